The summed E-state index contributed by atoms with van der Waals surface area (Å²) in [5, 5.41) is 0. The third-order valence-corrected chi connectivity index (χ3v) is 4.35. The molecule has 1 atom stereocenters. The lowest BCUT2D eigenvalue weighted by Crippen LogP contribution is -2.49. The van der Waals surface area contributed by atoms with Crippen molar-refractivity contribution in [3.05, 3.63) is 59.5 Å². The van der Waals surface area contributed by atoms with Gasteiger partial charge in [-0.15, -0.1) is 0 Å². The molecule has 21 heavy (non-hydrogen) atoms. The Morgan fingerprint density at radius 2 is 1.86 bits per heavy atom. The highest BCUT2D eigenvalue weighted by Gasteiger charge is 2.28. The van der Waals surface area contributed by atoms with Crippen LogP contribution in [-0.4, -0.2) is 24.0 Å². The predicted molar refractivity (Wildman–Crippen MR) is 87.1 cm³/mol. The molecule has 2 N–H and O–H groups in total. The van der Waals surface area contributed by atoms with Crippen molar-refractivity contribution in [3.8, 4) is 0 Å². The molecule has 114 valence electrons. The summed E-state index contributed by atoms with van der Waals surface area (Å²) < 4.78 is 5.67. The molecule has 0 saturated carbocycles. The fraction of sp³-hybridized carbons (Fsp3) is 0.444. The number of aryl methyl sites for hydroxylation is 2. The van der Waals surface area contributed by atoms with Crippen LogP contribution in [0.25, 0.3) is 0 Å². The van der Waals surface area contributed by atoms with Gasteiger partial charge in [-0.05, 0) is 51.4 Å². The molecule has 0 saturated heterocycles. The zero-order valence-corrected chi connectivity index (χ0v) is 13.3. The summed E-state index contributed by atoms with van der Waals surface area (Å²) in [5.74, 6) is 1.95. The Morgan fingerprint density at radius 3 is 2.43 bits per heavy atom. The van der Waals surface area contributed by atoms with Gasteiger partial charge in [0.1, 0.15) is 11.5 Å². The van der Waals surface area contributed by atoms with Crippen molar-refractivity contribution in [2.45, 2.75) is 38.8 Å². The molecule has 2 rings (SSSR count). The van der Waals surface area contributed by atoms with Crippen LogP contribution in [0, 0.1) is 6.92 Å². The zero-order valence-electron chi connectivity index (χ0n) is 13.3. The molecule has 0 spiro atoms. The summed E-state index contributed by atoms with van der Waals surface area (Å²) in [5.41, 5.74) is 7.39. The molecule has 1 heterocycles. The second-order valence-electron chi connectivity index (χ2n) is 6.06. The molecule has 0 bridgehead atoms. The number of hydrogen-bond donors (Lipinski definition) is 1. The minimum Gasteiger partial charge on any atom is -0.465 e. The quantitative estimate of drug-likeness (QED) is 0.848. The summed E-state index contributed by atoms with van der Waals surface area (Å²) in [6.45, 7) is 5.62. The molecule has 0 radical (unpaired) electrons. The number of hydrogen-bond acceptors (Lipinski definition) is 3. The van der Waals surface area contributed by atoms with Gasteiger partial charge in [-0.25, -0.2) is 0 Å². The van der Waals surface area contributed by atoms with Gasteiger partial charge < -0.3 is 10.2 Å². The lowest BCUT2D eigenvalue weighted by atomic mass is 9.91. The average Bonchev–Trinajstić information content (AvgIpc) is 2.91. The fourth-order valence-electron chi connectivity index (χ4n) is 2.50. The number of furan rings is 1. The van der Waals surface area contributed by atoms with E-state index in [4.69, 9.17) is 10.2 Å². The Labute approximate surface area is 127 Å². The van der Waals surface area contributed by atoms with Crippen molar-refractivity contribution >= 4 is 0 Å². The normalized spacial score (nSPS) is 14.3. The Kier molecular flexibility index (Phi) is 5.21. The minimum atomic E-state index is -0.0312. The standard InChI is InChI=1S/C18H26N2O/c1-15-9-10-17(21-15)13-20(3)18(2,14-19)12-11-16-7-5-4-6-8-16/h4-10H,11-14,19H2,1-3H3. The largest absolute Gasteiger partial charge is 0.465 e. The fourth-order valence-corrected chi connectivity index (χ4v) is 2.50. The topological polar surface area (TPSA) is 42.4 Å². The summed E-state index contributed by atoms with van der Waals surface area (Å²) >= 11 is 0. The molecule has 0 amide bonds. The number of benzene rings is 1. The number of nitrogens with two attached hydrogens (primary N) is 1. The van der Waals surface area contributed by atoms with Crippen LogP contribution in [0.1, 0.15) is 30.4 Å². The first-order valence-corrected chi connectivity index (χ1v) is 7.54. The van der Waals surface area contributed by atoms with Crippen LogP contribution in [0.2, 0.25) is 0 Å². The molecular formula is C18H26N2O. The monoisotopic (exact) mass is 286 g/mol. The van der Waals surface area contributed by atoms with Crippen molar-refractivity contribution < 1.29 is 4.42 Å². The van der Waals surface area contributed by atoms with Gasteiger partial charge in [-0.2, -0.15) is 0 Å². The van der Waals surface area contributed by atoms with Gasteiger partial charge in [-0.3, -0.25) is 4.90 Å². The average molecular weight is 286 g/mol. The van der Waals surface area contributed by atoms with E-state index in [1.807, 2.05) is 19.1 Å². The van der Waals surface area contributed by atoms with Gasteiger partial charge in [0.2, 0.25) is 0 Å². The van der Waals surface area contributed by atoms with Crippen molar-refractivity contribution in [2.24, 2.45) is 5.73 Å². The highest BCUT2D eigenvalue weighted by molar-refractivity contribution is 5.15. The zero-order chi connectivity index (χ0) is 15.3. The van der Waals surface area contributed by atoms with Gasteiger partial charge in [0.15, 0.2) is 0 Å². The molecule has 0 aliphatic rings. The number of rotatable bonds is 7. The van der Waals surface area contributed by atoms with E-state index in [9.17, 15) is 0 Å². The third-order valence-electron chi connectivity index (χ3n) is 4.35. The molecule has 0 aliphatic carbocycles. The van der Waals surface area contributed by atoms with Crippen molar-refractivity contribution in [1.29, 1.82) is 0 Å². The molecule has 1 aromatic carbocycles. The predicted octanol–water partition coefficient (Wildman–Crippen LogP) is 3.37. The smallest absolute Gasteiger partial charge is 0.118 e. The second-order valence-corrected chi connectivity index (χ2v) is 6.06. The maximum atomic E-state index is 6.06. The Hall–Kier alpha value is -1.58. The first-order valence-electron chi connectivity index (χ1n) is 7.54. The van der Waals surface area contributed by atoms with E-state index < -0.39 is 0 Å². The first kappa shape index (κ1) is 15.8. The second kappa shape index (κ2) is 6.92. The third kappa shape index (κ3) is 4.19. The number of likely N-dealkylation sites (N-methyl/N-ethyl adjacent to an activating group) is 1. The summed E-state index contributed by atoms with van der Waals surface area (Å²) in [7, 11) is 2.12. The Morgan fingerprint density at radius 1 is 1.14 bits per heavy atom. The molecule has 1 aromatic heterocycles. The van der Waals surface area contributed by atoms with Crippen LogP contribution in [0.3, 0.4) is 0 Å². The maximum Gasteiger partial charge on any atom is 0.118 e. The van der Waals surface area contributed by atoms with Crippen LogP contribution in [0.5, 0.6) is 0 Å². The summed E-state index contributed by atoms with van der Waals surface area (Å²) in [4.78, 5) is 2.30. The van der Waals surface area contributed by atoms with Crippen LogP contribution in [-0.2, 0) is 13.0 Å². The SMILES string of the molecule is Cc1ccc(CN(C)C(C)(CN)CCc2ccccc2)o1. The van der Waals surface area contributed by atoms with E-state index in [0.717, 1.165) is 30.9 Å². The van der Waals surface area contributed by atoms with Crippen LogP contribution < -0.4 is 5.73 Å². The van der Waals surface area contributed by atoms with Gasteiger partial charge in [-0.1, -0.05) is 30.3 Å². The highest BCUT2D eigenvalue weighted by atomic mass is 16.3. The molecule has 0 fully saturated rings. The lowest BCUT2D eigenvalue weighted by molar-refractivity contribution is 0.117. The Balaban J connectivity index is 1.98. The molecule has 0 aliphatic heterocycles. The van der Waals surface area contributed by atoms with E-state index in [0.29, 0.717) is 6.54 Å². The van der Waals surface area contributed by atoms with E-state index in [1.54, 1.807) is 0 Å². The molecule has 3 heteroatoms. The van der Waals surface area contributed by atoms with Crippen molar-refractivity contribution in [2.75, 3.05) is 13.6 Å². The van der Waals surface area contributed by atoms with E-state index in [2.05, 4.69) is 49.2 Å². The summed E-state index contributed by atoms with van der Waals surface area (Å²) in [6.07, 6.45) is 2.07. The van der Waals surface area contributed by atoms with Gasteiger partial charge in [0.25, 0.3) is 0 Å². The van der Waals surface area contributed by atoms with Crippen LogP contribution in [0.15, 0.2) is 46.9 Å². The van der Waals surface area contributed by atoms with E-state index in [1.165, 1.54) is 5.56 Å². The van der Waals surface area contributed by atoms with Gasteiger partial charge in [0.05, 0.1) is 6.54 Å². The lowest BCUT2D eigenvalue weighted by Gasteiger charge is -2.38. The van der Waals surface area contributed by atoms with E-state index >= 15 is 0 Å². The van der Waals surface area contributed by atoms with Crippen LogP contribution >= 0.6 is 0 Å². The molecule has 2 aromatic rings. The number of nitrogens with zero attached hydrogens (tertiary/aromatic N) is 1. The van der Waals surface area contributed by atoms with Crippen molar-refractivity contribution in [1.82, 2.24) is 4.90 Å². The molecule has 3 nitrogen and oxygen atoms in total. The highest BCUT2D eigenvalue weighted by Crippen LogP contribution is 2.22. The van der Waals surface area contributed by atoms with Crippen LogP contribution in [0.4, 0.5) is 0 Å². The molecular weight excluding hydrogens is 260 g/mol. The first-order chi connectivity index (χ1) is 10.0. The van der Waals surface area contributed by atoms with Gasteiger partial charge in [0, 0.05) is 12.1 Å². The van der Waals surface area contributed by atoms with E-state index in [-0.39, 0.29) is 5.54 Å². The van der Waals surface area contributed by atoms with Crippen molar-refractivity contribution in [3.63, 3.8) is 0 Å². The molecule has 1 unspecified atom stereocenters. The minimum absolute atomic E-state index is 0.0312. The summed E-state index contributed by atoms with van der Waals surface area (Å²) in [6, 6.07) is 14.6. The Bertz CT molecular complexity index is 549. The maximum absolute atomic E-state index is 6.06. The van der Waals surface area contributed by atoms with Gasteiger partial charge >= 0.3 is 0 Å².